The summed E-state index contributed by atoms with van der Waals surface area (Å²) in [5.74, 6) is -0.379. The normalized spacial score (nSPS) is 10.9. The zero-order valence-corrected chi connectivity index (χ0v) is 9.98. The van der Waals surface area contributed by atoms with E-state index >= 15 is 0 Å². The molecule has 0 amide bonds. The summed E-state index contributed by atoms with van der Waals surface area (Å²) in [4.78, 5) is 7.79. The summed E-state index contributed by atoms with van der Waals surface area (Å²) in [6.07, 6.45) is 0.135. The Labute approximate surface area is 108 Å². The third-order valence-electron chi connectivity index (χ3n) is 2.53. The van der Waals surface area contributed by atoms with Gasteiger partial charge in [0, 0.05) is 31.0 Å². The second-order valence-corrected chi connectivity index (χ2v) is 3.92. The van der Waals surface area contributed by atoms with Crippen LogP contribution in [0.1, 0.15) is 23.4 Å². The molecule has 0 bridgehead atoms. The van der Waals surface area contributed by atoms with Gasteiger partial charge in [0.2, 0.25) is 0 Å². The lowest BCUT2D eigenvalue weighted by Crippen LogP contribution is -2.15. The second-order valence-electron chi connectivity index (χ2n) is 3.92. The van der Waals surface area contributed by atoms with Gasteiger partial charge in [-0.2, -0.15) is 0 Å². The number of pyridine rings is 2. The average molecular weight is 267 g/mol. The molecule has 0 fully saturated rings. The highest BCUT2D eigenvalue weighted by Gasteiger charge is 2.07. The lowest BCUT2D eigenvalue weighted by molar-refractivity contribution is 0.151. The van der Waals surface area contributed by atoms with Crippen molar-refractivity contribution in [1.29, 1.82) is 0 Å². The third kappa shape index (κ3) is 3.75. The van der Waals surface area contributed by atoms with E-state index in [2.05, 4.69) is 15.3 Å². The first-order valence-electron chi connectivity index (χ1n) is 5.70. The molecule has 0 radical (unpaired) electrons. The second kappa shape index (κ2) is 6.29. The Morgan fingerprint density at radius 2 is 1.95 bits per heavy atom. The number of hydrogen-bond donors (Lipinski definition) is 1. The van der Waals surface area contributed by atoms with Crippen molar-refractivity contribution in [3.8, 4) is 0 Å². The molecule has 0 unspecified atom stereocenters. The van der Waals surface area contributed by atoms with E-state index in [1.807, 2.05) is 0 Å². The van der Waals surface area contributed by atoms with Gasteiger partial charge < -0.3 is 5.32 Å². The van der Waals surface area contributed by atoms with Crippen molar-refractivity contribution in [2.24, 2.45) is 0 Å². The van der Waals surface area contributed by atoms with Gasteiger partial charge in [0.1, 0.15) is 5.82 Å². The van der Waals surface area contributed by atoms with Crippen LogP contribution in [0.15, 0.2) is 36.7 Å². The Hall–Kier alpha value is -1.95. The maximum absolute atomic E-state index is 13.3. The molecule has 1 N–H and O–H groups in total. The topological polar surface area (TPSA) is 37.8 Å². The average Bonchev–Trinajstić information content (AvgIpc) is 2.41. The quantitative estimate of drug-likeness (QED) is 0.905. The summed E-state index contributed by atoms with van der Waals surface area (Å²) in [6, 6.07) is 5.70. The van der Waals surface area contributed by atoms with Crippen LogP contribution in [-0.4, -0.2) is 9.97 Å². The molecule has 19 heavy (non-hydrogen) atoms. The number of rotatable bonds is 5. The van der Waals surface area contributed by atoms with Gasteiger partial charge in [-0.1, -0.05) is 0 Å². The molecule has 0 atom stereocenters. The molecule has 0 saturated carbocycles. The van der Waals surface area contributed by atoms with Crippen molar-refractivity contribution in [1.82, 2.24) is 15.3 Å². The van der Waals surface area contributed by atoms with Gasteiger partial charge in [0.05, 0.1) is 11.4 Å². The highest BCUT2D eigenvalue weighted by atomic mass is 19.3. The standard InChI is InChI=1S/C13H12F3N3/c14-11-2-1-5-18-12(11)8-17-7-10-4-3-9(6-19-10)13(15)16/h1-6,13,17H,7-8H2. The molecule has 0 saturated heterocycles. The summed E-state index contributed by atoms with van der Waals surface area (Å²) in [5.41, 5.74) is 0.812. The van der Waals surface area contributed by atoms with Gasteiger partial charge in [-0.15, -0.1) is 0 Å². The Morgan fingerprint density at radius 3 is 2.58 bits per heavy atom. The number of nitrogens with zero attached hydrogens (tertiary/aromatic N) is 2. The lowest BCUT2D eigenvalue weighted by Gasteiger charge is -2.05. The fourth-order valence-corrected chi connectivity index (χ4v) is 1.53. The molecular weight excluding hydrogens is 255 g/mol. The Morgan fingerprint density at radius 1 is 1.11 bits per heavy atom. The van der Waals surface area contributed by atoms with E-state index in [-0.39, 0.29) is 17.9 Å². The van der Waals surface area contributed by atoms with Gasteiger partial charge in [-0.25, -0.2) is 13.2 Å². The predicted octanol–water partition coefficient (Wildman–Crippen LogP) is 2.84. The summed E-state index contributed by atoms with van der Waals surface area (Å²) < 4.78 is 37.9. The maximum atomic E-state index is 13.3. The number of aromatic nitrogens is 2. The molecular formula is C13H12F3N3. The first kappa shape index (κ1) is 13.5. The number of halogens is 3. The molecule has 2 aromatic rings. The molecule has 0 aliphatic heterocycles. The molecule has 2 rings (SSSR count). The molecule has 6 heteroatoms. The zero-order valence-electron chi connectivity index (χ0n) is 9.98. The van der Waals surface area contributed by atoms with E-state index in [0.29, 0.717) is 17.9 Å². The van der Waals surface area contributed by atoms with Gasteiger partial charge in [0.15, 0.2) is 0 Å². The first-order valence-corrected chi connectivity index (χ1v) is 5.70. The van der Waals surface area contributed by atoms with E-state index in [9.17, 15) is 13.2 Å². The molecule has 0 spiro atoms. The molecule has 0 aromatic carbocycles. The molecule has 3 nitrogen and oxygen atoms in total. The Kier molecular flexibility index (Phi) is 4.46. The fraction of sp³-hybridized carbons (Fsp3) is 0.231. The summed E-state index contributed by atoms with van der Waals surface area (Å²) in [6.45, 7) is 0.616. The predicted molar refractivity (Wildman–Crippen MR) is 63.9 cm³/mol. The molecule has 2 aromatic heterocycles. The molecule has 0 aliphatic carbocycles. The van der Waals surface area contributed by atoms with Gasteiger partial charge in [-0.05, 0) is 24.3 Å². The third-order valence-corrected chi connectivity index (χ3v) is 2.53. The molecule has 2 heterocycles. The Balaban J connectivity index is 1.87. The van der Waals surface area contributed by atoms with Crippen LogP contribution < -0.4 is 5.32 Å². The minimum absolute atomic E-state index is 0.112. The highest BCUT2D eigenvalue weighted by molar-refractivity contribution is 5.15. The molecule has 100 valence electrons. The minimum atomic E-state index is -2.52. The van der Waals surface area contributed by atoms with Crippen LogP contribution in [0, 0.1) is 5.82 Å². The van der Waals surface area contributed by atoms with Crippen molar-refractivity contribution in [2.75, 3.05) is 0 Å². The van der Waals surface area contributed by atoms with E-state index in [4.69, 9.17) is 0 Å². The van der Waals surface area contributed by atoms with Crippen LogP contribution in [0.3, 0.4) is 0 Å². The van der Waals surface area contributed by atoms with Crippen LogP contribution in [-0.2, 0) is 13.1 Å². The number of alkyl halides is 2. The van der Waals surface area contributed by atoms with Crippen LogP contribution in [0.2, 0.25) is 0 Å². The smallest absolute Gasteiger partial charge is 0.265 e. The van der Waals surface area contributed by atoms with E-state index in [0.717, 1.165) is 6.20 Å². The van der Waals surface area contributed by atoms with Crippen LogP contribution in [0.4, 0.5) is 13.2 Å². The summed E-state index contributed by atoms with van der Waals surface area (Å²) in [5, 5.41) is 2.95. The monoisotopic (exact) mass is 267 g/mol. The number of hydrogen-bond acceptors (Lipinski definition) is 3. The van der Waals surface area contributed by atoms with E-state index < -0.39 is 6.43 Å². The van der Waals surface area contributed by atoms with Gasteiger partial charge >= 0.3 is 0 Å². The summed E-state index contributed by atoms with van der Waals surface area (Å²) >= 11 is 0. The van der Waals surface area contributed by atoms with Crippen molar-refractivity contribution in [2.45, 2.75) is 19.5 Å². The van der Waals surface area contributed by atoms with Crippen molar-refractivity contribution >= 4 is 0 Å². The van der Waals surface area contributed by atoms with Gasteiger partial charge in [-0.3, -0.25) is 9.97 Å². The minimum Gasteiger partial charge on any atom is -0.305 e. The summed E-state index contributed by atoms with van der Waals surface area (Å²) in [7, 11) is 0. The maximum Gasteiger partial charge on any atom is 0.265 e. The fourth-order valence-electron chi connectivity index (χ4n) is 1.53. The van der Waals surface area contributed by atoms with Crippen LogP contribution >= 0.6 is 0 Å². The van der Waals surface area contributed by atoms with Crippen molar-refractivity contribution in [3.05, 3.63) is 59.4 Å². The highest BCUT2D eigenvalue weighted by Crippen LogP contribution is 2.17. The van der Waals surface area contributed by atoms with Gasteiger partial charge in [0.25, 0.3) is 6.43 Å². The first-order chi connectivity index (χ1) is 9.16. The molecule has 0 aliphatic rings. The SMILES string of the molecule is Fc1cccnc1CNCc1ccc(C(F)F)cn1. The van der Waals surface area contributed by atoms with Crippen LogP contribution in [0.5, 0.6) is 0 Å². The number of nitrogens with one attached hydrogen (secondary N) is 1. The van der Waals surface area contributed by atoms with Crippen LogP contribution in [0.25, 0.3) is 0 Å². The van der Waals surface area contributed by atoms with E-state index in [1.54, 1.807) is 0 Å². The zero-order chi connectivity index (χ0) is 13.7. The Bertz CT molecular complexity index is 529. The van der Waals surface area contributed by atoms with E-state index in [1.165, 1.54) is 30.5 Å². The van der Waals surface area contributed by atoms with Crippen molar-refractivity contribution in [3.63, 3.8) is 0 Å². The lowest BCUT2D eigenvalue weighted by atomic mass is 10.2. The van der Waals surface area contributed by atoms with Crippen molar-refractivity contribution < 1.29 is 13.2 Å². The largest absolute Gasteiger partial charge is 0.305 e.